The molecule has 3 nitrogen and oxygen atoms in total. The molecule has 3 aliphatic rings. The maximum atomic E-state index is 12.7. The normalized spacial score (nSPS) is 37.3. The smallest absolute Gasteiger partial charge is 0.244 e. The average Bonchev–Trinajstić information content (AvgIpc) is 3.04. The molecule has 1 spiro atoms. The first-order chi connectivity index (χ1) is 8.50. The minimum Gasteiger partial charge on any atom is -0.322 e. The quantitative estimate of drug-likeness (QED) is 0.817. The maximum Gasteiger partial charge on any atom is 0.244 e. The summed E-state index contributed by atoms with van der Waals surface area (Å²) in [7, 11) is 0. The molecular weight excluding hydrogens is 224 g/mol. The first-order valence-corrected chi connectivity index (χ1v) is 7.61. The van der Waals surface area contributed by atoms with Gasteiger partial charge in [0.2, 0.25) is 5.91 Å². The third-order valence-electron chi connectivity index (χ3n) is 5.35. The van der Waals surface area contributed by atoms with Crippen LogP contribution in [0.5, 0.6) is 0 Å². The summed E-state index contributed by atoms with van der Waals surface area (Å²) >= 11 is 0. The molecule has 2 aliphatic carbocycles. The van der Waals surface area contributed by atoms with Gasteiger partial charge in [0.05, 0.1) is 11.7 Å². The van der Waals surface area contributed by atoms with Gasteiger partial charge in [-0.1, -0.05) is 33.6 Å². The highest BCUT2D eigenvalue weighted by Gasteiger charge is 2.61. The van der Waals surface area contributed by atoms with E-state index in [4.69, 9.17) is 0 Å². The monoisotopic (exact) mass is 250 g/mol. The summed E-state index contributed by atoms with van der Waals surface area (Å²) in [6.45, 7) is 6.87. The fraction of sp³-hybridized carbons (Fsp3) is 0.933. The first kappa shape index (κ1) is 12.5. The zero-order valence-electron chi connectivity index (χ0n) is 12.0. The molecule has 18 heavy (non-hydrogen) atoms. The molecule has 1 N–H and O–H groups in total. The van der Waals surface area contributed by atoms with E-state index < -0.39 is 0 Å². The Morgan fingerprint density at radius 2 is 2.00 bits per heavy atom. The highest BCUT2D eigenvalue weighted by molar-refractivity contribution is 5.92. The Morgan fingerprint density at radius 3 is 2.56 bits per heavy atom. The van der Waals surface area contributed by atoms with Gasteiger partial charge in [-0.15, -0.1) is 0 Å². The maximum absolute atomic E-state index is 12.7. The van der Waals surface area contributed by atoms with Crippen molar-refractivity contribution >= 4 is 5.91 Å². The average molecular weight is 250 g/mol. The van der Waals surface area contributed by atoms with Crippen LogP contribution in [0.1, 0.15) is 65.7 Å². The molecule has 2 atom stereocenters. The summed E-state index contributed by atoms with van der Waals surface area (Å²) in [4.78, 5) is 14.9. The van der Waals surface area contributed by atoms with Crippen LogP contribution in [0.2, 0.25) is 0 Å². The minimum atomic E-state index is -0.145. The van der Waals surface area contributed by atoms with Crippen LogP contribution in [0.4, 0.5) is 0 Å². The Balaban J connectivity index is 1.87. The van der Waals surface area contributed by atoms with Crippen molar-refractivity contribution in [2.75, 3.05) is 0 Å². The topological polar surface area (TPSA) is 32.3 Å². The molecule has 1 heterocycles. The van der Waals surface area contributed by atoms with Gasteiger partial charge < -0.3 is 4.90 Å². The molecule has 102 valence electrons. The second-order valence-electron chi connectivity index (χ2n) is 7.11. The summed E-state index contributed by atoms with van der Waals surface area (Å²) in [5.41, 5.74) is 0.137. The van der Waals surface area contributed by atoms with Crippen molar-refractivity contribution in [3.63, 3.8) is 0 Å². The first-order valence-electron chi connectivity index (χ1n) is 7.61. The van der Waals surface area contributed by atoms with Crippen LogP contribution in [-0.4, -0.2) is 28.6 Å². The van der Waals surface area contributed by atoms with Gasteiger partial charge in [-0.2, -0.15) is 0 Å². The van der Waals surface area contributed by atoms with Crippen LogP contribution in [-0.2, 0) is 4.79 Å². The summed E-state index contributed by atoms with van der Waals surface area (Å²) in [5.74, 6) is 0.398. The van der Waals surface area contributed by atoms with Crippen molar-refractivity contribution in [1.82, 2.24) is 10.2 Å². The van der Waals surface area contributed by atoms with Gasteiger partial charge >= 0.3 is 0 Å². The number of nitrogens with one attached hydrogen (secondary N) is 1. The largest absolute Gasteiger partial charge is 0.322 e. The molecule has 0 bridgehead atoms. The molecule has 0 aromatic rings. The third kappa shape index (κ3) is 1.70. The summed E-state index contributed by atoms with van der Waals surface area (Å²) in [6, 6.07) is 0.441. The van der Waals surface area contributed by atoms with E-state index in [0.29, 0.717) is 11.9 Å². The molecule has 1 saturated heterocycles. The molecule has 1 amide bonds. The van der Waals surface area contributed by atoms with Gasteiger partial charge in [-0.05, 0) is 37.5 Å². The highest BCUT2D eigenvalue weighted by Crippen LogP contribution is 2.47. The van der Waals surface area contributed by atoms with Crippen LogP contribution >= 0.6 is 0 Å². The number of rotatable bonds is 2. The summed E-state index contributed by atoms with van der Waals surface area (Å²) < 4.78 is 0. The van der Waals surface area contributed by atoms with Crippen LogP contribution in [0.15, 0.2) is 0 Å². The van der Waals surface area contributed by atoms with Gasteiger partial charge in [0.1, 0.15) is 0 Å². The Morgan fingerprint density at radius 1 is 1.28 bits per heavy atom. The number of carbonyl (C=O) groups excluding carboxylic acids is 1. The Hall–Kier alpha value is -0.570. The molecule has 3 fully saturated rings. The summed E-state index contributed by atoms with van der Waals surface area (Å²) in [5, 5.41) is 3.60. The van der Waals surface area contributed by atoms with E-state index in [2.05, 4.69) is 31.0 Å². The Labute approximate surface area is 110 Å². The van der Waals surface area contributed by atoms with E-state index in [1.807, 2.05) is 0 Å². The molecule has 0 radical (unpaired) electrons. The molecule has 0 aromatic heterocycles. The van der Waals surface area contributed by atoms with Crippen molar-refractivity contribution in [3.8, 4) is 0 Å². The number of carbonyl (C=O) groups is 1. The minimum absolute atomic E-state index is 0.145. The molecule has 2 unspecified atom stereocenters. The number of amides is 1. The lowest BCUT2D eigenvalue weighted by Gasteiger charge is -2.45. The van der Waals surface area contributed by atoms with Crippen molar-refractivity contribution in [2.24, 2.45) is 5.41 Å². The molecule has 1 aliphatic heterocycles. The lowest BCUT2D eigenvalue weighted by Crippen LogP contribution is -2.52. The standard InChI is InChI=1S/C15H26N2O/c1-4-12-16-15(9-10-15)13(18)17(12)11-7-5-6-8-14(11,2)3/h11-12,16H,4-10H2,1-3H3. The lowest BCUT2D eigenvalue weighted by atomic mass is 9.72. The lowest BCUT2D eigenvalue weighted by molar-refractivity contribution is -0.136. The molecule has 3 heteroatoms. The van der Waals surface area contributed by atoms with E-state index in [-0.39, 0.29) is 17.1 Å². The predicted molar refractivity (Wildman–Crippen MR) is 72.1 cm³/mol. The second-order valence-corrected chi connectivity index (χ2v) is 7.11. The van der Waals surface area contributed by atoms with Crippen molar-refractivity contribution < 1.29 is 4.79 Å². The van der Waals surface area contributed by atoms with Gasteiger partial charge in [0, 0.05) is 6.04 Å². The van der Waals surface area contributed by atoms with E-state index >= 15 is 0 Å². The van der Waals surface area contributed by atoms with Gasteiger partial charge in [-0.3, -0.25) is 10.1 Å². The molecule has 2 saturated carbocycles. The van der Waals surface area contributed by atoms with Gasteiger partial charge in [0.25, 0.3) is 0 Å². The van der Waals surface area contributed by atoms with Crippen molar-refractivity contribution in [2.45, 2.75) is 83.5 Å². The Bertz CT molecular complexity index is 360. The van der Waals surface area contributed by atoms with Crippen LogP contribution in [0, 0.1) is 5.41 Å². The van der Waals surface area contributed by atoms with Gasteiger partial charge in [-0.25, -0.2) is 0 Å². The van der Waals surface area contributed by atoms with Gasteiger partial charge in [0.15, 0.2) is 0 Å². The zero-order chi connectivity index (χ0) is 13.0. The van der Waals surface area contributed by atoms with Crippen LogP contribution in [0.3, 0.4) is 0 Å². The van der Waals surface area contributed by atoms with Crippen LogP contribution in [0.25, 0.3) is 0 Å². The summed E-state index contributed by atoms with van der Waals surface area (Å²) in [6.07, 6.45) is 8.44. The van der Waals surface area contributed by atoms with Crippen LogP contribution < -0.4 is 5.32 Å². The fourth-order valence-electron chi connectivity index (χ4n) is 3.97. The molecule has 3 rings (SSSR count). The SMILES string of the molecule is CCC1NC2(CC2)C(=O)N1C1CCCCC1(C)C. The van der Waals surface area contributed by atoms with Crippen molar-refractivity contribution in [1.29, 1.82) is 0 Å². The number of hydrogen-bond acceptors (Lipinski definition) is 2. The molecule has 0 aromatic carbocycles. The highest BCUT2D eigenvalue weighted by atomic mass is 16.2. The second kappa shape index (κ2) is 3.96. The third-order valence-corrected chi connectivity index (χ3v) is 5.35. The zero-order valence-corrected chi connectivity index (χ0v) is 12.0. The van der Waals surface area contributed by atoms with E-state index in [0.717, 1.165) is 19.3 Å². The van der Waals surface area contributed by atoms with E-state index in [1.165, 1.54) is 25.7 Å². The van der Waals surface area contributed by atoms with E-state index in [9.17, 15) is 4.79 Å². The fourth-order valence-corrected chi connectivity index (χ4v) is 3.97. The molecular formula is C15H26N2O. The van der Waals surface area contributed by atoms with Crippen molar-refractivity contribution in [3.05, 3.63) is 0 Å². The van der Waals surface area contributed by atoms with E-state index in [1.54, 1.807) is 0 Å². The Kier molecular flexibility index (Phi) is 2.74. The predicted octanol–water partition coefficient (Wildman–Crippen LogP) is 2.66. The number of nitrogens with zero attached hydrogens (tertiary/aromatic N) is 1. The number of hydrogen-bond donors (Lipinski definition) is 1.